The molecule has 2 unspecified atom stereocenters. The molecule has 0 radical (unpaired) electrons. The summed E-state index contributed by atoms with van der Waals surface area (Å²) >= 11 is 5.91. The number of carboxylic acids is 1. The average Bonchev–Trinajstić information content (AvgIpc) is 2.28. The van der Waals surface area contributed by atoms with Crippen LogP contribution in [0.25, 0.3) is 0 Å². The highest BCUT2D eigenvalue weighted by atomic mass is 35.5. The molecule has 0 heterocycles. The van der Waals surface area contributed by atoms with Gasteiger partial charge in [-0.2, -0.15) is 0 Å². The molecule has 3 N–H and O–H groups in total. The number of rotatable bonds is 5. The van der Waals surface area contributed by atoms with Crippen LogP contribution in [0.5, 0.6) is 0 Å². The van der Waals surface area contributed by atoms with E-state index in [4.69, 9.17) is 22.4 Å². The Balaban J connectivity index is 2.88. The van der Waals surface area contributed by atoms with E-state index >= 15 is 0 Å². The highest BCUT2D eigenvalue weighted by Gasteiger charge is 2.25. The first-order valence-electron chi connectivity index (χ1n) is 5.37. The minimum absolute atomic E-state index is 0.0571. The van der Waals surface area contributed by atoms with Gasteiger partial charge in [0.1, 0.15) is 6.04 Å². The highest BCUT2D eigenvalue weighted by Crippen LogP contribution is 2.23. The van der Waals surface area contributed by atoms with Crippen molar-refractivity contribution in [1.29, 1.82) is 0 Å². The molecular weight excluding hydrogens is 240 g/mol. The van der Waals surface area contributed by atoms with Gasteiger partial charge in [-0.25, -0.2) is 0 Å². The molecule has 0 bridgehead atoms. The van der Waals surface area contributed by atoms with Crippen LogP contribution in [0, 0.1) is 0 Å². The Kier molecular flexibility index (Phi) is 4.93. The summed E-state index contributed by atoms with van der Waals surface area (Å²) in [4.78, 5) is 12.8. The number of carboxylic acid groups (broad SMARTS) is 1. The number of hydrogen-bond donors (Lipinski definition) is 2. The second-order valence-corrected chi connectivity index (χ2v) is 4.42. The molecule has 1 rings (SSSR count). The number of aliphatic carboxylic acids is 1. The van der Waals surface area contributed by atoms with Crippen LogP contribution in [0.15, 0.2) is 24.3 Å². The fourth-order valence-electron chi connectivity index (χ4n) is 1.71. The van der Waals surface area contributed by atoms with Crippen LogP contribution < -0.4 is 5.73 Å². The third-order valence-electron chi connectivity index (χ3n) is 2.94. The van der Waals surface area contributed by atoms with Gasteiger partial charge in [0.05, 0.1) is 0 Å². The zero-order chi connectivity index (χ0) is 13.0. The molecule has 17 heavy (non-hydrogen) atoms. The van der Waals surface area contributed by atoms with Crippen molar-refractivity contribution in [3.8, 4) is 0 Å². The number of likely N-dealkylation sites (N-methyl/N-ethyl adjacent to an activating group) is 1. The number of carbonyl (C=O) groups is 1. The summed E-state index contributed by atoms with van der Waals surface area (Å²) in [7, 11) is 1.75. The van der Waals surface area contributed by atoms with Crippen molar-refractivity contribution in [2.75, 3.05) is 13.6 Å². The summed E-state index contributed by atoms with van der Waals surface area (Å²) in [6.07, 6.45) is 0. The van der Waals surface area contributed by atoms with Crippen molar-refractivity contribution in [3.63, 3.8) is 0 Å². The van der Waals surface area contributed by atoms with Crippen LogP contribution in [0.2, 0.25) is 5.02 Å². The van der Waals surface area contributed by atoms with E-state index in [0.717, 1.165) is 5.56 Å². The molecule has 5 heteroatoms. The lowest BCUT2D eigenvalue weighted by Gasteiger charge is -2.30. The maximum atomic E-state index is 11.0. The summed E-state index contributed by atoms with van der Waals surface area (Å²) in [5.41, 5.74) is 6.44. The molecule has 0 saturated carbocycles. The lowest BCUT2D eigenvalue weighted by Crippen LogP contribution is -2.45. The Hall–Kier alpha value is -1.10. The molecule has 0 aliphatic carbocycles. The predicted octanol–water partition coefficient (Wildman–Crippen LogP) is 1.74. The summed E-state index contributed by atoms with van der Waals surface area (Å²) in [6.45, 7) is 2.01. The van der Waals surface area contributed by atoms with Gasteiger partial charge in [-0.1, -0.05) is 23.7 Å². The Labute approximate surface area is 106 Å². The van der Waals surface area contributed by atoms with E-state index in [1.54, 1.807) is 18.0 Å². The van der Waals surface area contributed by atoms with Crippen LogP contribution >= 0.6 is 11.6 Å². The second kappa shape index (κ2) is 6.00. The fourth-order valence-corrected chi connectivity index (χ4v) is 1.91. The number of nitrogens with zero attached hydrogens (tertiary/aromatic N) is 1. The number of halogens is 1. The molecule has 0 spiro atoms. The molecule has 0 amide bonds. The van der Waals surface area contributed by atoms with E-state index < -0.39 is 12.0 Å². The molecule has 1 aromatic rings. The van der Waals surface area contributed by atoms with Crippen LogP contribution in [-0.2, 0) is 4.79 Å². The Morgan fingerprint density at radius 2 is 2.24 bits per heavy atom. The molecule has 0 aromatic heterocycles. The molecule has 94 valence electrons. The van der Waals surface area contributed by atoms with Crippen molar-refractivity contribution in [2.24, 2.45) is 5.73 Å². The van der Waals surface area contributed by atoms with Crippen LogP contribution in [0.3, 0.4) is 0 Å². The summed E-state index contributed by atoms with van der Waals surface area (Å²) in [6, 6.07) is 6.64. The normalized spacial score (nSPS) is 14.6. The molecule has 0 saturated heterocycles. The standard InChI is InChI=1S/C12H17ClN2O2/c1-8(9-4-3-5-10(13)6-9)15(2)11(7-14)12(16)17/h3-6,8,11H,7,14H2,1-2H3,(H,16,17). The van der Waals surface area contributed by atoms with Gasteiger partial charge in [0.15, 0.2) is 0 Å². The first kappa shape index (κ1) is 14.0. The Bertz CT molecular complexity index is 398. The van der Waals surface area contributed by atoms with Crippen molar-refractivity contribution in [3.05, 3.63) is 34.9 Å². The zero-order valence-electron chi connectivity index (χ0n) is 9.93. The van der Waals surface area contributed by atoms with Crippen molar-refractivity contribution in [2.45, 2.75) is 19.0 Å². The van der Waals surface area contributed by atoms with E-state index in [1.807, 2.05) is 25.1 Å². The average molecular weight is 257 g/mol. The van der Waals surface area contributed by atoms with Gasteiger partial charge in [0.2, 0.25) is 0 Å². The molecule has 4 nitrogen and oxygen atoms in total. The predicted molar refractivity (Wildman–Crippen MR) is 68.1 cm³/mol. The van der Waals surface area contributed by atoms with E-state index in [1.165, 1.54) is 0 Å². The number of hydrogen-bond acceptors (Lipinski definition) is 3. The van der Waals surface area contributed by atoms with Gasteiger partial charge in [-0.3, -0.25) is 9.69 Å². The Morgan fingerprint density at radius 1 is 1.59 bits per heavy atom. The molecular formula is C12H17ClN2O2. The van der Waals surface area contributed by atoms with Gasteiger partial charge in [0, 0.05) is 17.6 Å². The van der Waals surface area contributed by atoms with Crippen molar-refractivity contribution < 1.29 is 9.90 Å². The summed E-state index contributed by atoms with van der Waals surface area (Å²) in [5, 5.41) is 9.69. The Morgan fingerprint density at radius 3 is 2.71 bits per heavy atom. The van der Waals surface area contributed by atoms with E-state index in [-0.39, 0.29) is 12.6 Å². The minimum atomic E-state index is -0.913. The fraction of sp³-hybridized carbons (Fsp3) is 0.417. The van der Waals surface area contributed by atoms with Gasteiger partial charge >= 0.3 is 5.97 Å². The monoisotopic (exact) mass is 256 g/mol. The first-order valence-corrected chi connectivity index (χ1v) is 5.75. The largest absolute Gasteiger partial charge is 0.480 e. The molecule has 2 atom stereocenters. The third kappa shape index (κ3) is 3.43. The van der Waals surface area contributed by atoms with Crippen LogP contribution in [0.1, 0.15) is 18.5 Å². The molecule has 0 aliphatic rings. The first-order chi connectivity index (χ1) is 7.97. The van der Waals surface area contributed by atoms with E-state index in [0.29, 0.717) is 5.02 Å². The van der Waals surface area contributed by atoms with Gasteiger partial charge in [-0.05, 0) is 31.7 Å². The minimum Gasteiger partial charge on any atom is -0.480 e. The van der Waals surface area contributed by atoms with E-state index in [2.05, 4.69) is 0 Å². The van der Waals surface area contributed by atoms with Crippen molar-refractivity contribution in [1.82, 2.24) is 4.90 Å². The second-order valence-electron chi connectivity index (χ2n) is 3.99. The van der Waals surface area contributed by atoms with Gasteiger partial charge in [0.25, 0.3) is 0 Å². The van der Waals surface area contributed by atoms with Crippen molar-refractivity contribution >= 4 is 17.6 Å². The van der Waals surface area contributed by atoms with Gasteiger partial charge in [-0.15, -0.1) is 0 Å². The van der Waals surface area contributed by atoms with E-state index in [9.17, 15) is 4.79 Å². The maximum absolute atomic E-state index is 11.0. The quantitative estimate of drug-likeness (QED) is 0.842. The molecule has 0 fully saturated rings. The highest BCUT2D eigenvalue weighted by molar-refractivity contribution is 6.30. The SMILES string of the molecule is CC(c1cccc(Cl)c1)N(C)C(CN)C(=O)O. The summed E-state index contributed by atoms with van der Waals surface area (Å²) < 4.78 is 0. The third-order valence-corrected chi connectivity index (χ3v) is 3.18. The molecule has 1 aromatic carbocycles. The lowest BCUT2D eigenvalue weighted by atomic mass is 10.1. The summed E-state index contributed by atoms with van der Waals surface area (Å²) in [5.74, 6) is -0.913. The topological polar surface area (TPSA) is 66.6 Å². The van der Waals surface area contributed by atoms with Crippen LogP contribution in [-0.4, -0.2) is 35.6 Å². The zero-order valence-corrected chi connectivity index (χ0v) is 10.7. The lowest BCUT2D eigenvalue weighted by molar-refractivity contribution is -0.143. The molecule has 0 aliphatic heterocycles. The van der Waals surface area contributed by atoms with Crippen LogP contribution in [0.4, 0.5) is 0 Å². The number of benzene rings is 1. The smallest absolute Gasteiger partial charge is 0.322 e. The maximum Gasteiger partial charge on any atom is 0.322 e. The number of nitrogens with two attached hydrogens (primary N) is 1. The van der Waals surface area contributed by atoms with Gasteiger partial charge < -0.3 is 10.8 Å².